The highest BCUT2D eigenvalue weighted by Crippen LogP contribution is 2.34. The van der Waals surface area contributed by atoms with Gasteiger partial charge < -0.3 is 24.8 Å². The lowest BCUT2D eigenvalue weighted by molar-refractivity contribution is 0.0950. The van der Waals surface area contributed by atoms with Crippen LogP contribution < -0.4 is 20.4 Å². The number of halogens is 2. The first-order valence-electron chi connectivity index (χ1n) is 11.6. The number of ether oxygens (including phenoxy) is 1. The van der Waals surface area contributed by atoms with E-state index in [1.807, 2.05) is 13.0 Å². The maximum atomic E-state index is 13.2. The van der Waals surface area contributed by atoms with Crippen molar-refractivity contribution >= 4 is 34.8 Å². The Balaban J connectivity index is 1.82. The molecule has 2 N–H and O–H groups in total. The fourth-order valence-electron chi connectivity index (χ4n) is 4.85. The zero-order chi connectivity index (χ0) is 25.0. The number of hydrogen-bond acceptors (Lipinski definition) is 5. The van der Waals surface area contributed by atoms with Gasteiger partial charge in [0.25, 0.3) is 5.91 Å². The summed E-state index contributed by atoms with van der Waals surface area (Å²) in [5.41, 5.74) is 2.33. The number of nitrogens with one attached hydrogen (secondary N) is 2. The molecule has 1 saturated carbocycles. The van der Waals surface area contributed by atoms with Crippen molar-refractivity contribution < 1.29 is 9.53 Å². The van der Waals surface area contributed by atoms with Gasteiger partial charge in [0.05, 0.1) is 19.2 Å². The molecule has 1 amide bonds. The Morgan fingerprint density at radius 3 is 2.38 bits per heavy atom. The third-order valence-electron chi connectivity index (χ3n) is 6.77. The average Bonchev–Trinajstić information content (AvgIpc) is 2.80. The number of rotatable bonds is 8. The Labute approximate surface area is 211 Å². The number of benzene rings is 1. The van der Waals surface area contributed by atoms with E-state index in [4.69, 9.17) is 27.9 Å². The first-order chi connectivity index (χ1) is 16.2. The van der Waals surface area contributed by atoms with Crippen LogP contribution in [0.25, 0.3) is 0 Å². The van der Waals surface area contributed by atoms with Crippen LogP contribution in [0.1, 0.15) is 54.1 Å². The molecule has 0 spiro atoms. The zero-order valence-corrected chi connectivity index (χ0v) is 22.0. The van der Waals surface area contributed by atoms with Gasteiger partial charge in [-0.05, 0) is 71.3 Å². The third kappa shape index (κ3) is 5.88. The van der Waals surface area contributed by atoms with E-state index in [1.54, 1.807) is 6.07 Å². The molecule has 34 heavy (non-hydrogen) atoms. The Kier molecular flexibility index (Phi) is 8.90. The molecule has 7 nitrogen and oxygen atoms in total. The molecule has 1 fully saturated rings. The topological polar surface area (TPSA) is 77.7 Å². The van der Waals surface area contributed by atoms with E-state index in [2.05, 4.69) is 41.1 Å². The van der Waals surface area contributed by atoms with Gasteiger partial charge in [-0.3, -0.25) is 9.59 Å². The summed E-state index contributed by atoms with van der Waals surface area (Å²) in [6.07, 6.45) is 4.50. The quantitative estimate of drug-likeness (QED) is 0.508. The van der Waals surface area contributed by atoms with Gasteiger partial charge in [-0.2, -0.15) is 0 Å². The van der Waals surface area contributed by atoms with Gasteiger partial charge in [0.2, 0.25) is 5.88 Å². The summed E-state index contributed by atoms with van der Waals surface area (Å²) in [4.78, 5) is 33.0. The molecule has 1 aromatic carbocycles. The molecule has 0 bridgehead atoms. The van der Waals surface area contributed by atoms with Crippen molar-refractivity contribution in [3.05, 3.63) is 55.3 Å². The third-order valence-corrected chi connectivity index (χ3v) is 7.19. The molecule has 186 valence electrons. The van der Waals surface area contributed by atoms with Crippen molar-refractivity contribution in [2.75, 3.05) is 32.6 Å². The maximum absolute atomic E-state index is 13.2. The van der Waals surface area contributed by atoms with E-state index in [0.29, 0.717) is 28.2 Å². The van der Waals surface area contributed by atoms with Gasteiger partial charge in [0, 0.05) is 41.0 Å². The number of H-pyrrole nitrogens is 1. The van der Waals surface area contributed by atoms with E-state index in [0.717, 1.165) is 43.5 Å². The summed E-state index contributed by atoms with van der Waals surface area (Å²) in [5.74, 6) is -0.0724. The number of aromatic nitrogens is 1. The minimum absolute atomic E-state index is 0.00182. The number of carbonyl (C=O) groups excluding carboxylic acids is 1. The van der Waals surface area contributed by atoms with Gasteiger partial charge in [0.15, 0.2) is 5.43 Å². The van der Waals surface area contributed by atoms with Crippen LogP contribution in [0.15, 0.2) is 23.0 Å². The molecule has 0 aliphatic heterocycles. The molecular weight excluding hydrogens is 475 g/mol. The summed E-state index contributed by atoms with van der Waals surface area (Å²) in [7, 11) is 5.72. The van der Waals surface area contributed by atoms with Gasteiger partial charge in [-0.15, -0.1) is 0 Å². The number of nitrogens with zero attached hydrogens (tertiary/aromatic N) is 2. The number of anilines is 1. The van der Waals surface area contributed by atoms with Crippen molar-refractivity contribution in [1.29, 1.82) is 0 Å². The molecule has 1 aliphatic rings. The largest absolute Gasteiger partial charge is 0.482 e. The fourth-order valence-corrected chi connectivity index (χ4v) is 5.25. The van der Waals surface area contributed by atoms with Gasteiger partial charge in [-0.1, -0.05) is 23.2 Å². The second kappa shape index (κ2) is 11.5. The standard InChI is InChI=1S/C25H34Cl2N4O3/c1-6-31(18-9-7-17(8-10-18)30(3)4)21-12-16(26)11-19(15(21)2)24(33)28-14-20-22(32)13-23(27)29-25(20)34-5/h11-13,17-18H,6-10,14H2,1-5H3,(H,28,33)(H,29,32)/t17-,18-. The fraction of sp³-hybridized carbons (Fsp3) is 0.520. The van der Waals surface area contributed by atoms with Crippen LogP contribution in [0.4, 0.5) is 5.69 Å². The Hall–Kier alpha value is -2.22. The molecular formula is C25H34Cl2N4O3. The maximum Gasteiger partial charge on any atom is 0.251 e. The van der Waals surface area contributed by atoms with Crippen molar-refractivity contribution in [2.45, 2.75) is 58.2 Å². The summed E-state index contributed by atoms with van der Waals surface area (Å²) < 4.78 is 5.22. The van der Waals surface area contributed by atoms with Crippen LogP contribution in [0.5, 0.6) is 5.88 Å². The highest BCUT2D eigenvalue weighted by molar-refractivity contribution is 6.31. The first-order valence-corrected chi connectivity index (χ1v) is 12.4. The summed E-state index contributed by atoms with van der Waals surface area (Å²) >= 11 is 12.4. The van der Waals surface area contributed by atoms with Gasteiger partial charge in [-0.25, -0.2) is 0 Å². The minimum atomic E-state index is -0.310. The molecule has 0 unspecified atom stereocenters. The Morgan fingerprint density at radius 1 is 1.15 bits per heavy atom. The SMILES string of the molecule is CCN(c1cc(Cl)cc(C(=O)NCc2c(OC)[nH]c(Cl)cc2=O)c1C)[C@H]1CC[C@H](N(C)C)CC1. The summed E-state index contributed by atoms with van der Waals surface area (Å²) in [6.45, 7) is 4.92. The lowest BCUT2D eigenvalue weighted by Crippen LogP contribution is -2.42. The summed E-state index contributed by atoms with van der Waals surface area (Å²) in [6, 6.07) is 5.91. The van der Waals surface area contributed by atoms with Crippen LogP contribution in [-0.2, 0) is 6.54 Å². The van der Waals surface area contributed by atoms with Crippen LogP contribution in [-0.4, -0.2) is 55.6 Å². The number of carbonyl (C=O) groups is 1. The smallest absolute Gasteiger partial charge is 0.251 e. The second-order valence-electron chi connectivity index (χ2n) is 8.99. The lowest BCUT2D eigenvalue weighted by Gasteiger charge is -2.40. The molecule has 0 atom stereocenters. The highest BCUT2D eigenvalue weighted by Gasteiger charge is 2.28. The van der Waals surface area contributed by atoms with Crippen LogP contribution in [0, 0.1) is 6.92 Å². The van der Waals surface area contributed by atoms with E-state index in [1.165, 1.54) is 13.2 Å². The second-order valence-corrected chi connectivity index (χ2v) is 9.83. The monoisotopic (exact) mass is 508 g/mol. The average molecular weight is 509 g/mol. The zero-order valence-electron chi connectivity index (χ0n) is 20.5. The lowest BCUT2D eigenvalue weighted by atomic mass is 9.89. The number of amides is 1. The van der Waals surface area contributed by atoms with Crippen molar-refractivity contribution in [3.8, 4) is 5.88 Å². The number of methoxy groups -OCH3 is 1. The Bertz CT molecular complexity index is 1080. The Morgan fingerprint density at radius 2 is 1.79 bits per heavy atom. The molecule has 2 aromatic rings. The number of hydrogen-bond donors (Lipinski definition) is 2. The van der Waals surface area contributed by atoms with Crippen molar-refractivity contribution in [2.24, 2.45) is 0 Å². The normalized spacial score (nSPS) is 18.1. The summed E-state index contributed by atoms with van der Waals surface area (Å²) in [5, 5.41) is 3.52. The molecule has 3 rings (SSSR count). The van der Waals surface area contributed by atoms with E-state index in [9.17, 15) is 9.59 Å². The molecule has 1 heterocycles. The van der Waals surface area contributed by atoms with E-state index < -0.39 is 0 Å². The molecule has 1 aromatic heterocycles. The number of aromatic amines is 1. The van der Waals surface area contributed by atoms with Crippen molar-refractivity contribution in [3.63, 3.8) is 0 Å². The van der Waals surface area contributed by atoms with Gasteiger partial charge >= 0.3 is 0 Å². The van der Waals surface area contributed by atoms with Crippen LogP contribution in [0.3, 0.4) is 0 Å². The minimum Gasteiger partial charge on any atom is -0.482 e. The van der Waals surface area contributed by atoms with E-state index in [-0.39, 0.29) is 28.9 Å². The molecule has 9 heteroatoms. The van der Waals surface area contributed by atoms with Crippen LogP contribution in [0.2, 0.25) is 10.2 Å². The number of pyridine rings is 1. The van der Waals surface area contributed by atoms with E-state index >= 15 is 0 Å². The molecule has 1 aliphatic carbocycles. The van der Waals surface area contributed by atoms with Gasteiger partial charge in [0.1, 0.15) is 5.15 Å². The predicted octanol–water partition coefficient (Wildman–Crippen LogP) is 4.63. The molecule has 0 radical (unpaired) electrons. The molecule has 0 saturated heterocycles. The predicted molar refractivity (Wildman–Crippen MR) is 139 cm³/mol. The first kappa shape index (κ1) is 26.4. The van der Waals surface area contributed by atoms with Crippen LogP contribution >= 0.6 is 23.2 Å². The highest BCUT2D eigenvalue weighted by atomic mass is 35.5. The van der Waals surface area contributed by atoms with Crippen molar-refractivity contribution in [1.82, 2.24) is 15.2 Å².